The number of amides is 3. The van der Waals surface area contributed by atoms with Gasteiger partial charge in [0.2, 0.25) is 5.91 Å². The number of methoxy groups -OCH3 is 1. The molecule has 1 aromatic heterocycles. The summed E-state index contributed by atoms with van der Waals surface area (Å²) in [6.07, 6.45) is 0. The van der Waals surface area contributed by atoms with E-state index in [9.17, 15) is 9.59 Å². The summed E-state index contributed by atoms with van der Waals surface area (Å²) in [5, 5.41) is 10.6. The molecule has 0 aliphatic rings. The van der Waals surface area contributed by atoms with E-state index in [0.717, 1.165) is 16.9 Å². The number of hydrogen-bond donors (Lipinski definition) is 2. The van der Waals surface area contributed by atoms with E-state index in [2.05, 4.69) is 31.4 Å². The fraction of sp³-hybridized carbons (Fsp3) is 0.370. The topological polar surface area (TPSA) is 88.5 Å². The Morgan fingerprint density at radius 3 is 2.34 bits per heavy atom. The molecule has 35 heavy (non-hydrogen) atoms. The van der Waals surface area contributed by atoms with Crippen molar-refractivity contribution >= 4 is 23.4 Å². The number of carbonyl (C=O) groups is 2. The maximum absolute atomic E-state index is 13.1. The van der Waals surface area contributed by atoms with Crippen LogP contribution in [0.2, 0.25) is 0 Å². The molecule has 2 N–H and O–H groups in total. The van der Waals surface area contributed by atoms with Crippen molar-refractivity contribution in [2.75, 3.05) is 24.3 Å². The first-order valence-electron chi connectivity index (χ1n) is 11.7. The van der Waals surface area contributed by atoms with Crippen LogP contribution in [0.3, 0.4) is 0 Å². The number of carbonyl (C=O) groups excluding carboxylic acids is 2. The second-order valence-corrected chi connectivity index (χ2v) is 9.84. The zero-order valence-corrected chi connectivity index (χ0v) is 21.5. The number of anilines is 2. The van der Waals surface area contributed by atoms with Crippen LogP contribution in [0.25, 0.3) is 5.69 Å². The number of urea groups is 1. The molecule has 0 unspecified atom stereocenters. The Balaban J connectivity index is 1.80. The molecule has 0 atom stereocenters. The van der Waals surface area contributed by atoms with Crippen molar-refractivity contribution in [3.63, 3.8) is 0 Å². The van der Waals surface area contributed by atoms with Crippen LogP contribution in [-0.2, 0) is 10.2 Å². The SMILES string of the molecule is COc1cccc(NC(=O)N(CC(=O)Nc2cc(C(C)(C)C)nn2-c2ccc(C)cc2)C(C)C)c1. The number of nitrogens with one attached hydrogen (secondary N) is 2. The van der Waals surface area contributed by atoms with Crippen molar-refractivity contribution in [1.29, 1.82) is 0 Å². The molecule has 2 aromatic carbocycles. The smallest absolute Gasteiger partial charge is 0.322 e. The Hall–Kier alpha value is -3.81. The molecular weight excluding hydrogens is 442 g/mol. The van der Waals surface area contributed by atoms with Crippen molar-refractivity contribution in [2.24, 2.45) is 0 Å². The summed E-state index contributed by atoms with van der Waals surface area (Å²) >= 11 is 0. The Morgan fingerprint density at radius 1 is 1.06 bits per heavy atom. The van der Waals surface area contributed by atoms with Gasteiger partial charge in [-0.1, -0.05) is 44.5 Å². The van der Waals surface area contributed by atoms with Gasteiger partial charge in [-0.2, -0.15) is 5.10 Å². The molecule has 0 radical (unpaired) electrons. The summed E-state index contributed by atoms with van der Waals surface area (Å²) in [5.41, 5.74) is 3.23. The molecule has 0 saturated carbocycles. The van der Waals surface area contributed by atoms with Crippen LogP contribution < -0.4 is 15.4 Å². The van der Waals surface area contributed by atoms with Crippen LogP contribution in [0.15, 0.2) is 54.6 Å². The molecule has 8 heteroatoms. The average Bonchev–Trinajstić information content (AvgIpc) is 3.22. The minimum absolute atomic E-state index is 0.114. The van der Waals surface area contributed by atoms with E-state index in [1.54, 1.807) is 36.1 Å². The molecular formula is C27H35N5O3. The third-order valence-corrected chi connectivity index (χ3v) is 5.54. The second-order valence-electron chi connectivity index (χ2n) is 9.84. The van der Waals surface area contributed by atoms with Crippen molar-refractivity contribution in [2.45, 2.75) is 53.0 Å². The third kappa shape index (κ3) is 6.62. The number of hydrogen-bond acceptors (Lipinski definition) is 4. The van der Waals surface area contributed by atoms with Gasteiger partial charge in [-0.05, 0) is 45.0 Å². The fourth-order valence-electron chi connectivity index (χ4n) is 3.44. The van der Waals surface area contributed by atoms with Crippen molar-refractivity contribution in [1.82, 2.24) is 14.7 Å². The maximum atomic E-state index is 13.1. The first-order valence-corrected chi connectivity index (χ1v) is 11.7. The van der Waals surface area contributed by atoms with E-state index >= 15 is 0 Å². The van der Waals surface area contributed by atoms with Crippen LogP contribution in [0.1, 0.15) is 45.9 Å². The molecule has 0 aliphatic carbocycles. The van der Waals surface area contributed by atoms with Gasteiger partial charge in [0.25, 0.3) is 0 Å². The largest absolute Gasteiger partial charge is 0.497 e. The van der Waals surface area contributed by atoms with Crippen molar-refractivity contribution < 1.29 is 14.3 Å². The highest BCUT2D eigenvalue weighted by molar-refractivity contribution is 5.97. The first-order chi connectivity index (χ1) is 16.5. The minimum atomic E-state index is -0.370. The molecule has 1 heterocycles. The predicted molar refractivity (Wildman–Crippen MR) is 139 cm³/mol. The number of nitrogens with zero attached hydrogens (tertiary/aromatic N) is 3. The summed E-state index contributed by atoms with van der Waals surface area (Å²) in [4.78, 5) is 27.5. The van der Waals surface area contributed by atoms with Crippen LogP contribution in [0, 0.1) is 6.92 Å². The van der Waals surface area contributed by atoms with Gasteiger partial charge in [0.05, 0.1) is 18.5 Å². The second kappa shape index (κ2) is 10.6. The highest BCUT2D eigenvalue weighted by atomic mass is 16.5. The van der Waals surface area contributed by atoms with E-state index in [-0.39, 0.29) is 29.9 Å². The van der Waals surface area contributed by atoms with Crippen LogP contribution >= 0.6 is 0 Å². The monoisotopic (exact) mass is 477 g/mol. The molecule has 0 saturated heterocycles. The van der Waals surface area contributed by atoms with Gasteiger partial charge in [-0.15, -0.1) is 0 Å². The van der Waals surface area contributed by atoms with Crippen molar-refractivity contribution in [3.05, 3.63) is 65.9 Å². The molecule has 0 aliphatic heterocycles. The molecule has 0 fully saturated rings. The zero-order valence-electron chi connectivity index (χ0n) is 21.5. The van der Waals surface area contributed by atoms with E-state index < -0.39 is 0 Å². The van der Waals surface area contributed by atoms with E-state index in [1.807, 2.05) is 51.1 Å². The summed E-state index contributed by atoms with van der Waals surface area (Å²) in [7, 11) is 1.57. The van der Waals surface area contributed by atoms with Gasteiger partial charge >= 0.3 is 6.03 Å². The Kier molecular flexibility index (Phi) is 7.84. The van der Waals surface area contributed by atoms with E-state index in [0.29, 0.717) is 17.3 Å². The minimum Gasteiger partial charge on any atom is -0.497 e. The Bertz CT molecular complexity index is 1180. The average molecular weight is 478 g/mol. The van der Waals surface area contributed by atoms with Gasteiger partial charge in [0.1, 0.15) is 18.1 Å². The lowest BCUT2D eigenvalue weighted by Gasteiger charge is -2.26. The lowest BCUT2D eigenvalue weighted by atomic mass is 9.92. The Labute approximate surface area is 207 Å². The lowest BCUT2D eigenvalue weighted by molar-refractivity contribution is -0.117. The molecule has 0 spiro atoms. The molecule has 3 aromatic rings. The normalized spacial score (nSPS) is 11.3. The highest BCUT2D eigenvalue weighted by Gasteiger charge is 2.24. The van der Waals surface area contributed by atoms with E-state index in [4.69, 9.17) is 9.84 Å². The molecule has 3 amide bonds. The standard InChI is InChI=1S/C27H35N5O3/c1-18(2)31(26(34)28-20-9-8-10-22(15-20)35-7)17-25(33)29-24-16-23(27(4,5)6)30-32(24)21-13-11-19(3)12-14-21/h8-16,18H,17H2,1-7H3,(H,28,34)(H,29,33). The summed E-state index contributed by atoms with van der Waals surface area (Å²) in [6, 6.07) is 16.3. The van der Waals surface area contributed by atoms with Gasteiger partial charge in [-0.3, -0.25) is 4.79 Å². The molecule has 0 bridgehead atoms. The number of aromatic nitrogens is 2. The van der Waals surface area contributed by atoms with Crippen LogP contribution in [0.5, 0.6) is 5.75 Å². The molecule has 3 rings (SSSR count). The Morgan fingerprint density at radius 2 is 1.74 bits per heavy atom. The fourth-order valence-corrected chi connectivity index (χ4v) is 3.44. The number of rotatable bonds is 7. The third-order valence-electron chi connectivity index (χ3n) is 5.54. The van der Waals surface area contributed by atoms with E-state index in [1.165, 1.54) is 4.90 Å². The van der Waals surface area contributed by atoms with Crippen LogP contribution in [-0.4, -0.2) is 46.3 Å². The van der Waals surface area contributed by atoms with Crippen LogP contribution in [0.4, 0.5) is 16.3 Å². The number of benzene rings is 2. The number of ether oxygens (including phenoxy) is 1. The van der Waals surface area contributed by atoms with Crippen molar-refractivity contribution in [3.8, 4) is 11.4 Å². The van der Waals surface area contributed by atoms with Gasteiger partial charge in [-0.25, -0.2) is 9.48 Å². The summed E-state index contributed by atoms with van der Waals surface area (Å²) in [5.74, 6) is 0.879. The summed E-state index contributed by atoms with van der Waals surface area (Å²) < 4.78 is 6.95. The molecule has 186 valence electrons. The molecule has 8 nitrogen and oxygen atoms in total. The van der Waals surface area contributed by atoms with Gasteiger partial charge in [0.15, 0.2) is 0 Å². The highest BCUT2D eigenvalue weighted by Crippen LogP contribution is 2.26. The maximum Gasteiger partial charge on any atom is 0.322 e. The van der Waals surface area contributed by atoms with Gasteiger partial charge < -0.3 is 20.3 Å². The number of aryl methyl sites for hydroxylation is 1. The first kappa shape index (κ1) is 25.8. The predicted octanol–water partition coefficient (Wildman–Crippen LogP) is 5.37. The summed E-state index contributed by atoms with van der Waals surface area (Å²) in [6.45, 7) is 11.9. The zero-order chi connectivity index (χ0) is 25.8. The van der Waals surface area contributed by atoms with Gasteiger partial charge in [0, 0.05) is 29.3 Å². The quantitative estimate of drug-likeness (QED) is 0.479. The lowest BCUT2D eigenvalue weighted by Crippen LogP contribution is -2.44.